The summed E-state index contributed by atoms with van der Waals surface area (Å²) < 4.78 is 11.5. The molecule has 2 aromatic carbocycles. The van der Waals surface area contributed by atoms with E-state index in [-0.39, 0.29) is 17.2 Å². The van der Waals surface area contributed by atoms with Crippen LogP contribution in [-0.4, -0.2) is 28.8 Å². The highest BCUT2D eigenvalue weighted by Crippen LogP contribution is 2.39. The van der Waals surface area contributed by atoms with Gasteiger partial charge in [0.25, 0.3) is 0 Å². The fourth-order valence-corrected chi connectivity index (χ4v) is 3.84. The minimum absolute atomic E-state index is 0.0391. The number of rotatable bonds is 7. The van der Waals surface area contributed by atoms with E-state index >= 15 is 0 Å². The lowest BCUT2D eigenvalue weighted by Crippen LogP contribution is -2.10. The standard InChI is InChI=1S/C18H12Cl2O6S/c19-10-2-1-9(13(20)5-10)7-25-11-3-4-12-14(6-11)27-17(18(23)24)16(12)26-8-15(21)22/h1-6H,7-8H2,(H,21,22)(H,23,24). The van der Waals surface area contributed by atoms with Gasteiger partial charge in [-0.1, -0.05) is 29.3 Å². The second kappa shape index (κ2) is 8.04. The molecule has 0 aliphatic carbocycles. The maximum Gasteiger partial charge on any atom is 0.349 e. The van der Waals surface area contributed by atoms with Gasteiger partial charge in [0, 0.05) is 25.7 Å². The Balaban J connectivity index is 1.86. The van der Waals surface area contributed by atoms with Crippen LogP contribution in [0.25, 0.3) is 10.1 Å². The first-order valence-electron chi connectivity index (χ1n) is 7.56. The van der Waals surface area contributed by atoms with E-state index in [9.17, 15) is 14.7 Å². The van der Waals surface area contributed by atoms with Gasteiger partial charge in [-0.15, -0.1) is 11.3 Å². The molecule has 27 heavy (non-hydrogen) atoms. The lowest BCUT2D eigenvalue weighted by Gasteiger charge is -2.08. The zero-order valence-corrected chi connectivity index (χ0v) is 15.9. The largest absolute Gasteiger partial charge is 0.489 e. The van der Waals surface area contributed by atoms with Crippen molar-refractivity contribution < 1.29 is 29.3 Å². The molecule has 0 bridgehead atoms. The molecule has 0 aliphatic heterocycles. The van der Waals surface area contributed by atoms with Gasteiger partial charge in [0.2, 0.25) is 0 Å². The van der Waals surface area contributed by atoms with Crippen LogP contribution in [0.4, 0.5) is 0 Å². The lowest BCUT2D eigenvalue weighted by atomic mass is 10.2. The number of fused-ring (bicyclic) bond motifs is 1. The van der Waals surface area contributed by atoms with Crippen molar-refractivity contribution in [2.24, 2.45) is 0 Å². The second-order valence-corrected chi connectivity index (χ2v) is 7.33. The van der Waals surface area contributed by atoms with Crippen LogP contribution in [0.2, 0.25) is 10.0 Å². The van der Waals surface area contributed by atoms with Crippen molar-refractivity contribution in [1.82, 2.24) is 0 Å². The van der Waals surface area contributed by atoms with Crippen LogP contribution in [0.5, 0.6) is 11.5 Å². The van der Waals surface area contributed by atoms with E-state index in [1.165, 1.54) is 0 Å². The molecule has 1 aromatic heterocycles. The highest BCUT2D eigenvalue weighted by molar-refractivity contribution is 7.21. The van der Waals surface area contributed by atoms with Gasteiger partial charge in [0.15, 0.2) is 17.2 Å². The number of halogens is 2. The van der Waals surface area contributed by atoms with Crippen molar-refractivity contribution >= 4 is 56.6 Å². The van der Waals surface area contributed by atoms with Crippen molar-refractivity contribution in [3.8, 4) is 11.5 Å². The summed E-state index contributed by atoms with van der Waals surface area (Å²) in [6.45, 7) is -0.416. The summed E-state index contributed by atoms with van der Waals surface area (Å²) in [4.78, 5) is 22.1. The first kappa shape index (κ1) is 19.3. The van der Waals surface area contributed by atoms with E-state index in [0.717, 1.165) is 16.9 Å². The number of hydrogen-bond acceptors (Lipinski definition) is 5. The third-order valence-corrected chi connectivity index (χ3v) is 5.27. The Morgan fingerprint density at radius 2 is 1.81 bits per heavy atom. The number of thiophene rings is 1. The Labute approximate surface area is 167 Å². The molecule has 3 rings (SSSR count). The van der Waals surface area contributed by atoms with Crippen LogP contribution in [0.15, 0.2) is 36.4 Å². The number of hydrogen-bond donors (Lipinski definition) is 2. The molecular weight excluding hydrogens is 415 g/mol. The third kappa shape index (κ3) is 4.44. The van der Waals surface area contributed by atoms with E-state index in [1.54, 1.807) is 36.4 Å². The Kier molecular flexibility index (Phi) is 5.74. The van der Waals surface area contributed by atoms with Gasteiger partial charge >= 0.3 is 11.9 Å². The fraction of sp³-hybridized carbons (Fsp3) is 0.111. The molecule has 0 radical (unpaired) electrons. The highest BCUT2D eigenvalue weighted by Gasteiger charge is 2.20. The summed E-state index contributed by atoms with van der Waals surface area (Å²) in [5.74, 6) is -1.83. The van der Waals surface area contributed by atoms with E-state index < -0.39 is 18.5 Å². The van der Waals surface area contributed by atoms with Gasteiger partial charge in [-0.3, -0.25) is 0 Å². The molecule has 0 saturated carbocycles. The van der Waals surface area contributed by atoms with Gasteiger partial charge in [-0.05, 0) is 30.3 Å². The zero-order chi connectivity index (χ0) is 19.6. The smallest absolute Gasteiger partial charge is 0.349 e. The Morgan fingerprint density at radius 1 is 1.04 bits per heavy atom. The molecule has 0 fully saturated rings. The summed E-state index contributed by atoms with van der Waals surface area (Å²) in [7, 11) is 0. The number of carbonyl (C=O) groups is 2. The molecular formula is C18H12Cl2O6S. The average molecular weight is 427 g/mol. The van der Waals surface area contributed by atoms with Crippen molar-refractivity contribution in [3.63, 3.8) is 0 Å². The zero-order valence-electron chi connectivity index (χ0n) is 13.6. The molecule has 0 unspecified atom stereocenters. The van der Waals surface area contributed by atoms with Gasteiger partial charge in [-0.25, -0.2) is 9.59 Å². The Morgan fingerprint density at radius 3 is 2.48 bits per heavy atom. The van der Waals surface area contributed by atoms with Crippen LogP contribution in [0.1, 0.15) is 15.2 Å². The number of carboxylic acids is 2. The van der Waals surface area contributed by atoms with Crippen LogP contribution in [-0.2, 0) is 11.4 Å². The van der Waals surface area contributed by atoms with Crippen molar-refractivity contribution in [2.45, 2.75) is 6.61 Å². The van der Waals surface area contributed by atoms with E-state index in [0.29, 0.717) is 25.9 Å². The Bertz CT molecular complexity index is 1030. The van der Waals surface area contributed by atoms with E-state index in [2.05, 4.69) is 0 Å². The molecule has 0 aliphatic rings. The van der Waals surface area contributed by atoms with Crippen LogP contribution < -0.4 is 9.47 Å². The number of carboxylic acid groups (broad SMARTS) is 2. The first-order valence-corrected chi connectivity index (χ1v) is 9.13. The normalized spacial score (nSPS) is 10.7. The van der Waals surface area contributed by atoms with Gasteiger partial charge < -0.3 is 19.7 Å². The predicted octanol–water partition coefficient (Wildman–Crippen LogP) is 4.95. The maximum atomic E-state index is 11.4. The van der Waals surface area contributed by atoms with Crippen LogP contribution >= 0.6 is 34.5 Å². The van der Waals surface area contributed by atoms with Gasteiger partial charge in [-0.2, -0.15) is 0 Å². The summed E-state index contributed by atoms with van der Waals surface area (Å²) in [5, 5.41) is 19.6. The van der Waals surface area contributed by atoms with Crippen molar-refractivity contribution in [3.05, 3.63) is 56.9 Å². The van der Waals surface area contributed by atoms with E-state index in [4.69, 9.17) is 37.8 Å². The molecule has 0 amide bonds. The molecule has 140 valence electrons. The first-order chi connectivity index (χ1) is 12.8. The highest BCUT2D eigenvalue weighted by atomic mass is 35.5. The fourth-order valence-electron chi connectivity index (χ4n) is 2.36. The molecule has 0 saturated heterocycles. The van der Waals surface area contributed by atoms with Gasteiger partial charge in [0.05, 0.1) is 0 Å². The third-order valence-electron chi connectivity index (χ3n) is 3.56. The second-order valence-electron chi connectivity index (χ2n) is 5.43. The number of aliphatic carboxylic acids is 1. The number of benzene rings is 2. The van der Waals surface area contributed by atoms with Crippen LogP contribution in [0.3, 0.4) is 0 Å². The summed E-state index contributed by atoms with van der Waals surface area (Å²) >= 11 is 13.0. The molecule has 9 heteroatoms. The lowest BCUT2D eigenvalue weighted by molar-refractivity contribution is -0.139. The summed E-state index contributed by atoms with van der Waals surface area (Å²) in [6, 6.07) is 10.0. The monoisotopic (exact) mass is 426 g/mol. The predicted molar refractivity (Wildman–Crippen MR) is 103 cm³/mol. The van der Waals surface area contributed by atoms with E-state index in [1.807, 2.05) is 0 Å². The molecule has 3 aromatic rings. The minimum atomic E-state index is -1.19. The quantitative estimate of drug-likeness (QED) is 0.555. The summed E-state index contributed by atoms with van der Waals surface area (Å²) in [5.41, 5.74) is 0.754. The maximum absolute atomic E-state index is 11.4. The van der Waals surface area contributed by atoms with Crippen molar-refractivity contribution in [1.29, 1.82) is 0 Å². The van der Waals surface area contributed by atoms with Crippen LogP contribution in [0, 0.1) is 0 Å². The number of ether oxygens (including phenoxy) is 2. The topological polar surface area (TPSA) is 93.1 Å². The SMILES string of the molecule is O=C(O)COc1c(C(=O)O)sc2cc(OCc3ccc(Cl)cc3Cl)ccc12. The molecule has 0 atom stereocenters. The minimum Gasteiger partial charge on any atom is -0.489 e. The molecule has 0 spiro atoms. The summed E-state index contributed by atoms with van der Waals surface area (Å²) in [6.07, 6.45) is 0. The average Bonchev–Trinajstić information content (AvgIpc) is 2.97. The van der Waals surface area contributed by atoms with Crippen molar-refractivity contribution in [2.75, 3.05) is 6.61 Å². The molecule has 1 heterocycles. The Hall–Kier alpha value is -2.48. The van der Waals surface area contributed by atoms with Gasteiger partial charge in [0.1, 0.15) is 12.4 Å². The molecule has 2 N–H and O–H groups in total. The molecule has 6 nitrogen and oxygen atoms in total. The number of aromatic carboxylic acids is 1.